The fourth-order valence-corrected chi connectivity index (χ4v) is 9.12. The first-order chi connectivity index (χ1) is 24.2. The van der Waals surface area contributed by atoms with Gasteiger partial charge in [0.15, 0.2) is 0 Å². The van der Waals surface area contributed by atoms with Crippen LogP contribution in [0.2, 0.25) is 0 Å². The molecule has 8 nitrogen and oxygen atoms in total. The summed E-state index contributed by atoms with van der Waals surface area (Å²) in [7, 11) is -9.60. The highest BCUT2D eigenvalue weighted by Crippen LogP contribution is 2.64. The molecule has 0 spiro atoms. The summed E-state index contributed by atoms with van der Waals surface area (Å²) in [5.41, 5.74) is 2.92. The Hall–Kier alpha value is -5.62. The van der Waals surface area contributed by atoms with Crippen LogP contribution < -0.4 is 18.1 Å². The van der Waals surface area contributed by atoms with Gasteiger partial charge in [-0.05, 0) is 56.6 Å². The number of benzene rings is 8. The molecule has 0 amide bonds. The van der Waals surface area contributed by atoms with E-state index < -0.39 is 15.6 Å². The second-order valence-corrected chi connectivity index (χ2v) is 14.9. The van der Waals surface area contributed by atoms with E-state index in [0.29, 0.717) is 54.9 Å². The molecule has 10 rings (SSSR count). The third-order valence-corrected chi connectivity index (χ3v) is 11.1. The smallest absolute Gasteiger partial charge is 0.394 e. The van der Waals surface area contributed by atoms with Gasteiger partial charge in [0.05, 0.1) is 0 Å². The molecule has 0 fully saturated rings. The molecule has 2 N–H and O–H groups in total. The van der Waals surface area contributed by atoms with E-state index in [0.717, 1.165) is 21.5 Å². The summed E-state index contributed by atoms with van der Waals surface area (Å²) in [4.78, 5) is 22.7. The summed E-state index contributed by atoms with van der Waals surface area (Å²) >= 11 is 0. The molecule has 0 aliphatic carbocycles. The van der Waals surface area contributed by atoms with E-state index in [1.54, 1.807) is 0 Å². The van der Waals surface area contributed by atoms with Crippen molar-refractivity contribution in [2.24, 2.45) is 0 Å². The third-order valence-electron chi connectivity index (χ3n) is 9.42. The van der Waals surface area contributed by atoms with Crippen LogP contribution in [0.5, 0.6) is 23.0 Å². The number of hydrogen-bond donors (Lipinski definition) is 2. The number of rotatable bonds is 1. The molecule has 50 heavy (non-hydrogen) atoms. The van der Waals surface area contributed by atoms with Crippen LogP contribution in [-0.2, 0) is 9.13 Å². The molecule has 0 aromatic heterocycles. The summed E-state index contributed by atoms with van der Waals surface area (Å²) in [5, 5.41) is 5.86. The lowest BCUT2D eigenvalue weighted by atomic mass is 9.85. The first-order valence-electron chi connectivity index (χ1n) is 15.8. The van der Waals surface area contributed by atoms with Crippen molar-refractivity contribution in [3.8, 4) is 56.4 Å². The van der Waals surface area contributed by atoms with Gasteiger partial charge in [0, 0.05) is 44.2 Å². The molecule has 0 saturated carbocycles. The Morgan fingerprint density at radius 2 is 0.700 bits per heavy atom. The van der Waals surface area contributed by atoms with Crippen LogP contribution in [0.3, 0.4) is 0 Å². The zero-order chi connectivity index (χ0) is 33.8. The fraction of sp³-hybridized carbons (Fsp3) is 0. The van der Waals surface area contributed by atoms with Crippen LogP contribution in [0.1, 0.15) is 0 Å². The van der Waals surface area contributed by atoms with Gasteiger partial charge in [0.1, 0.15) is 23.0 Å². The average molecular weight is 695 g/mol. The predicted molar refractivity (Wildman–Crippen MR) is 195 cm³/mol. The Bertz CT molecular complexity index is 2690. The molecular weight excluding hydrogens is 670 g/mol. The molecule has 2 unspecified atom stereocenters. The second-order valence-electron chi connectivity index (χ2n) is 12.3. The molecule has 242 valence electrons. The number of phosphoric ester groups is 2. The van der Waals surface area contributed by atoms with Gasteiger partial charge in [-0.1, -0.05) is 109 Å². The van der Waals surface area contributed by atoms with E-state index in [1.165, 1.54) is 0 Å². The van der Waals surface area contributed by atoms with Crippen molar-refractivity contribution >= 4 is 58.7 Å². The van der Waals surface area contributed by atoms with Crippen LogP contribution in [0.25, 0.3) is 76.5 Å². The van der Waals surface area contributed by atoms with E-state index in [-0.39, 0.29) is 23.0 Å². The Morgan fingerprint density at radius 1 is 0.360 bits per heavy atom. The van der Waals surface area contributed by atoms with Gasteiger partial charge in [-0.25, -0.2) is 9.13 Å². The average Bonchev–Trinajstić information content (AvgIpc) is 3.31. The lowest BCUT2D eigenvalue weighted by molar-refractivity contribution is 0.293. The van der Waals surface area contributed by atoms with Gasteiger partial charge in [-0.2, -0.15) is 0 Å². The molecule has 8 aromatic rings. The predicted octanol–water partition coefficient (Wildman–Crippen LogP) is 11.0. The maximum absolute atomic E-state index is 13.9. The van der Waals surface area contributed by atoms with Crippen molar-refractivity contribution in [2.75, 3.05) is 0 Å². The third kappa shape index (κ3) is 4.40. The standard InChI is InChI=1S/C40H24O8P2/c41-49(42)45-37-29-15-7-1-9-23(29)17-19-31(37)33-21-25-11-3-5-13-27(25)35(39(33)47-49)36-28-14-6-4-12-26(28)22-34-32-20-18-24-10-2-8-16-30(24)38(32)46-50(43,44)48-40(34)36/h1-22H,(H,41,42)(H,43,44). The number of fused-ring (bicyclic) bond motifs is 12. The van der Waals surface area contributed by atoms with E-state index in [4.69, 9.17) is 18.1 Å². The number of phosphoric acid groups is 2. The van der Waals surface area contributed by atoms with Crippen LogP contribution in [0, 0.1) is 0 Å². The minimum atomic E-state index is -4.80. The van der Waals surface area contributed by atoms with Gasteiger partial charge in [-0.3, -0.25) is 9.79 Å². The summed E-state index contributed by atoms with van der Waals surface area (Å²) in [6.45, 7) is 0. The van der Waals surface area contributed by atoms with Crippen molar-refractivity contribution in [1.29, 1.82) is 0 Å². The van der Waals surface area contributed by atoms with Crippen molar-refractivity contribution in [3.05, 3.63) is 133 Å². The molecule has 2 atom stereocenters. The van der Waals surface area contributed by atoms with Gasteiger partial charge < -0.3 is 18.1 Å². The minimum absolute atomic E-state index is 0.0717. The summed E-state index contributed by atoms with van der Waals surface area (Å²) in [6.07, 6.45) is 0. The largest absolute Gasteiger partial charge is 0.584 e. The Balaban J connectivity index is 1.40. The first kappa shape index (κ1) is 29.3. The molecule has 10 heteroatoms. The minimum Gasteiger partial charge on any atom is -0.394 e. The van der Waals surface area contributed by atoms with E-state index in [2.05, 4.69) is 0 Å². The monoisotopic (exact) mass is 694 g/mol. The molecule has 8 aromatic carbocycles. The highest BCUT2D eigenvalue weighted by Gasteiger charge is 2.40. The molecule has 0 radical (unpaired) electrons. The van der Waals surface area contributed by atoms with Crippen LogP contribution in [0.15, 0.2) is 133 Å². The molecule has 0 saturated heterocycles. The SMILES string of the molecule is O=P1(O)Oc2c(cc3ccccc3c2-c2c3c(cc4ccccc24)-c2ccc4ccccc4c2OP(=O)(O)O3)-c2ccc3ccccc3c2O1. The molecule has 2 aliphatic heterocycles. The maximum atomic E-state index is 13.9. The highest BCUT2D eigenvalue weighted by molar-refractivity contribution is 7.48. The molecule has 0 bridgehead atoms. The van der Waals surface area contributed by atoms with E-state index in [9.17, 15) is 18.9 Å². The topological polar surface area (TPSA) is 112 Å². The maximum Gasteiger partial charge on any atom is 0.584 e. The Morgan fingerprint density at radius 3 is 1.12 bits per heavy atom. The number of hydrogen-bond acceptors (Lipinski definition) is 6. The Labute approximate surface area is 284 Å². The lowest BCUT2D eigenvalue weighted by Gasteiger charge is -2.22. The normalized spacial score (nSPS) is 19.2. The Kier molecular flexibility index (Phi) is 6.12. The molecule has 2 heterocycles. The van der Waals surface area contributed by atoms with Crippen LogP contribution in [0.4, 0.5) is 0 Å². The fourth-order valence-electron chi connectivity index (χ4n) is 7.35. The van der Waals surface area contributed by atoms with Gasteiger partial charge in [0.2, 0.25) is 0 Å². The van der Waals surface area contributed by atoms with E-state index in [1.807, 2.05) is 133 Å². The quantitative estimate of drug-likeness (QED) is 0.163. The first-order valence-corrected chi connectivity index (χ1v) is 18.8. The van der Waals surface area contributed by atoms with Crippen molar-refractivity contribution in [3.63, 3.8) is 0 Å². The second kappa shape index (κ2) is 10.4. The zero-order valence-electron chi connectivity index (χ0n) is 25.9. The summed E-state index contributed by atoms with van der Waals surface area (Å²) in [6, 6.07) is 41.4. The highest BCUT2D eigenvalue weighted by atomic mass is 31.2. The van der Waals surface area contributed by atoms with Crippen molar-refractivity contribution in [2.45, 2.75) is 0 Å². The van der Waals surface area contributed by atoms with Crippen molar-refractivity contribution < 1.29 is 37.0 Å². The lowest BCUT2D eigenvalue weighted by Crippen LogP contribution is -2.02. The summed E-state index contributed by atoms with van der Waals surface area (Å²) < 4.78 is 51.7. The van der Waals surface area contributed by atoms with Gasteiger partial charge >= 0.3 is 15.6 Å². The van der Waals surface area contributed by atoms with Gasteiger partial charge in [0.25, 0.3) is 0 Å². The van der Waals surface area contributed by atoms with Crippen LogP contribution >= 0.6 is 15.6 Å². The van der Waals surface area contributed by atoms with Gasteiger partial charge in [-0.15, -0.1) is 0 Å². The summed E-state index contributed by atoms with van der Waals surface area (Å²) in [5.74, 6) is 0.580. The van der Waals surface area contributed by atoms with E-state index >= 15 is 0 Å². The van der Waals surface area contributed by atoms with Crippen molar-refractivity contribution in [1.82, 2.24) is 0 Å². The molecular formula is C40H24O8P2. The zero-order valence-corrected chi connectivity index (χ0v) is 27.7. The van der Waals surface area contributed by atoms with Crippen LogP contribution in [-0.4, -0.2) is 9.79 Å². The molecule has 2 aliphatic rings.